The Labute approximate surface area is 144 Å². The number of rotatable bonds is 6. The molecule has 0 amide bonds. The van der Waals surface area contributed by atoms with E-state index in [1.54, 1.807) is 0 Å². The van der Waals surface area contributed by atoms with Crippen LogP contribution in [0.15, 0.2) is 35.1 Å². The van der Waals surface area contributed by atoms with Gasteiger partial charge in [-0.1, -0.05) is 41.7 Å². The van der Waals surface area contributed by atoms with Crippen LogP contribution in [0.4, 0.5) is 0 Å². The van der Waals surface area contributed by atoms with Crippen molar-refractivity contribution >= 4 is 17.3 Å². The highest BCUT2D eigenvalue weighted by atomic mass is 32.1. The predicted molar refractivity (Wildman–Crippen MR) is 91.9 cm³/mol. The first kappa shape index (κ1) is 16.9. The Morgan fingerprint density at radius 2 is 2.21 bits per heavy atom. The molecule has 7 heteroatoms. The van der Waals surface area contributed by atoms with Gasteiger partial charge in [-0.05, 0) is 31.9 Å². The van der Waals surface area contributed by atoms with E-state index < -0.39 is 5.54 Å². The van der Waals surface area contributed by atoms with Crippen molar-refractivity contribution in [1.29, 1.82) is 0 Å². The number of hydrogen-bond donors (Lipinski definition) is 1. The molecular weight excluding hydrogens is 326 g/mol. The van der Waals surface area contributed by atoms with Crippen LogP contribution in [0.25, 0.3) is 0 Å². The summed E-state index contributed by atoms with van der Waals surface area (Å²) in [5.41, 5.74) is 0.416. The maximum Gasteiger partial charge on any atom is 0.326 e. The third-order valence-corrected chi connectivity index (χ3v) is 5.16. The minimum atomic E-state index is -0.688. The summed E-state index contributed by atoms with van der Waals surface area (Å²) in [7, 11) is 0. The number of hydrogen-bond acceptors (Lipinski definition) is 6. The van der Waals surface area contributed by atoms with Gasteiger partial charge in [0.25, 0.3) is 0 Å². The SMILES string of the molecule is CCOC(=O)C1(Cc2ccccc2)CCCN1Cc1n[nH]c(=O)s1. The first-order valence-electron chi connectivity index (χ1n) is 8.14. The molecule has 2 aromatic rings. The largest absolute Gasteiger partial charge is 0.465 e. The number of aromatic amines is 1. The number of benzene rings is 1. The summed E-state index contributed by atoms with van der Waals surface area (Å²) >= 11 is 1.09. The zero-order chi connectivity index (χ0) is 17.0. The Balaban J connectivity index is 1.89. The number of aromatic nitrogens is 2. The van der Waals surface area contributed by atoms with Crippen molar-refractivity contribution in [2.24, 2.45) is 0 Å². The van der Waals surface area contributed by atoms with E-state index in [9.17, 15) is 9.59 Å². The lowest BCUT2D eigenvalue weighted by Crippen LogP contribution is -2.52. The van der Waals surface area contributed by atoms with Crippen molar-refractivity contribution in [2.75, 3.05) is 13.2 Å². The smallest absolute Gasteiger partial charge is 0.326 e. The topological polar surface area (TPSA) is 75.3 Å². The quantitative estimate of drug-likeness (QED) is 0.809. The highest BCUT2D eigenvalue weighted by molar-refractivity contribution is 7.08. The minimum absolute atomic E-state index is 0.172. The number of carbonyl (C=O) groups excluding carboxylic acids is 1. The van der Waals surface area contributed by atoms with Crippen LogP contribution in [-0.4, -0.2) is 39.8 Å². The van der Waals surface area contributed by atoms with Gasteiger partial charge in [-0.25, -0.2) is 5.10 Å². The highest BCUT2D eigenvalue weighted by Crippen LogP contribution is 2.35. The predicted octanol–water partition coefficient (Wildman–Crippen LogP) is 1.97. The van der Waals surface area contributed by atoms with Crippen LogP contribution in [0.5, 0.6) is 0 Å². The Kier molecular flexibility index (Phi) is 5.11. The first-order valence-corrected chi connectivity index (χ1v) is 8.96. The van der Waals surface area contributed by atoms with Crippen LogP contribution >= 0.6 is 11.3 Å². The molecule has 1 unspecified atom stereocenters. The van der Waals surface area contributed by atoms with E-state index in [0.29, 0.717) is 24.6 Å². The molecule has 3 rings (SSSR count). The fourth-order valence-corrected chi connectivity index (χ4v) is 3.98. The number of nitrogens with one attached hydrogen (secondary N) is 1. The van der Waals surface area contributed by atoms with E-state index in [0.717, 1.165) is 36.3 Å². The number of esters is 1. The number of H-pyrrole nitrogens is 1. The third kappa shape index (κ3) is 3.42. The Hall–Kier alpha value is -1.99. The van der Waals surface area contributed by atoms with Gasteiger partial charge in [0.2, 0.25) is 0 Å². The molecule has 1 aromatic heterocycles. The standard InChI is InChI=1S/C17H21N3O3S/c1-2-23-15(21)17(11-13-7-4-3-5-8-13)9-6-10-20(17)12-14-18-19-16(22)24-14/h3-5,7-8H,2,6,9-12H2,1H3,(H,19,22). The summed E-state index contributed by atoms with van der Waals surface area (Å²) < 4.78 is 5.41. The minimum Gasteiger partial charge on any atom is -0.465 e. The molecule has 1 aromatic carbocycles. The molecule has 0 bridgehead atoms. The van der Waals surface area contributed by atoms with Crippen LogP contribution < -0.4 is 4.87 Å². The van der Waals surface area contributed by atoms with Crippen LogP contribution in [0.2, 0.25) is 0 Å². The average molecular weight is 347 g/mol. The summed E-state index contributed by atoms with van der Waals surface area (Å²) in [6, 6.07) is 9.99. The Bertz CT molecular complexity index is 743. The van der Waals surface area contributed by atoms with E-state index in [2.05, 4.69) is 15.1 Å². The lowest BCUT2D eigenvalue weighted by Gasteiger charge is -2.36. The molecule has 2 heterocycles. The lowest BCUT2D eigenvalue weighted by molar-refractivity contribution is -0.156. The van der Waals surface area contributed by atoms with Gasteiger partial charge < -0.3 is 4.74 Å². The molecule has 1 N–H and O–H groups in total. The summed E-state index contributed by atoms with van der Waals surface area (Å²) in [4.78, 5) is 26.1. The maximum atomic E-state index is 12.8. The van der Waals surface area contributed by atoms with Gasteiger partial charge in [0.05, 0.1) is 13.2 Å². The highest BCUT2D eigenvalue weighted by Gasteiger charge is 2.48. The average Bonchev–Trinajstić information content (AvgIpc) is 3.16. The van der Waals surface area contributed by atoms with Crippen molar-refractivity contribution in [3.8, 4) is 0 Å². The molecule has 24 heavy (non-hydrogen) atoms. The number of nitrogens with zero attached hydrogens (tertiary/aromatic N) is 2. The molecule has 0 saturated carbocycles. The molecule has 1 atom stereocenters. The maximum absolute atomic E-state index is 12.8. The molecule has 1 aliphatic heterocycles. The fraction of sp³-hybridized carbons (Fsp3) is 0.471. The van der Waals surface area contributed by atoms with E-state index in [-0.39, 0.29) is 10.8 Å². The van der Waals surface area contributed by atoms with Gasteiger partial charge in [0, 0.05) is 6.42 Å². The molecular formula is C17H21N3O3S. The Morgan fingerprint density at radius 3 is 2.88 bits per heavy atom. The van der Waals surface area contributed by atoms with Gasteiger partial charge in [0.15, 0.2) is 0 Å². The fourth-order valence-electron chi connectivity index (χ4n) is 3.36. The number of likely N-dealkylation sites (tertiary alicyclic amines) is 1. The van der Waals surface area contributed by atoms with Gasteiger partial charge in [-0.15, -0.1) is 0 Å². The molecule has 1 fully saturated rings. The molecule has 0 radical (unpaired) electrons. The van der Waals surface area contributed by atoms with Crippen molar-refractivity contribution < 1.29 is 9.53 Å². The van der Waals surface area contributed by atoms with Crippen molar-refractivity contribution in [3.63, 3.8) is 0 Å². The van der Waals surface area contributed by atoms with E-state index in [1.807, 2.05) is 37.3 Å². The second-order valence-corrected chi connectivity index (χ2v) is 6.99. The molecule has 1 saturated heterocycles. The molecule has 0 spiro atoms. The summed E-state index contributed by atoms with van der Waals surface area (Å²) in [6.07, 6.45) is 2.27. The molecule has 6 nitrogen and oxygen atoms in total. The van der Waals surface area contributed by atoms with E-state index in [4.69, 9.17) is 4.74 Å². The van der Waals surface area contributed by atoms with Crippen LogP contribution in [0.1, 0.15) is 30.3 Å². The number of carbonyl (C=O) groups is 1. The monoisotopic (exact) mass is 347 g/mol. The van der Waals surface area contributed by atoms with Gasteiger partial charge in [-0.3, -0.25) is 14.5 Å². The van der Waals surface area contributed by atoms with Gasteiger partial charge in [0.1, 0.15) is 10.5 Å². The first-order chi connectivity index (χ1) is 11.6. The van der Waals surface area contributed by atoms with Crippen molar-refractivity contribution in [3.05, 3.63) is 50.6 Å². The summed E-state index contributed by atoms with van der Waals surface area (Å²) in [5, 5.41) is 7.19. The Morgan fingerprint density at radius 1 is 1.42 bits per heavy atom. The third-order valence-electron chi connectivity index (χ3n) is 4.43. The zero-order valence-corrected chi connectivity index (χ0v) is 14.5. The van der Waals surface area contributed by atoms with Gasteiger partial charge in [-0.2, -0.15) is 5.10 Å². The van der Waals surface area contributed by atoms with Crippen molar-refractivity contribution in [2.45, 2.75) is 38.3 Å². The van der Waals surface area contributed by atoms with Gasteiger partial charge >= 0.3 is 10.8 Å². The zero-order valence-electron chi connectivity index (χ0n) is 13.7. The molecule has 128 valence electrons. The molecule has 0 aliphatic carbocycles. The molecule has 1 aliphatic rings. The lowest BCUT2D eigenvalue weighted by atomic mass is 9.88. The summed E-state index contributed by atoms with van der Waals surface area (Å²) in [6.45, 7) is 3.46. The van der Waals surface area contributed by atoms with Crippen LogP contribution in [0.3, 0.4) is 0 Å². The van der Waals surface area contributed by atoms with E-state index in [1.165, 1.54) is 0 Å². The van der Waals surface area contributed by atoms with Crippen LogP contribution in [-0.2, 0) is 22.5 Å². The van der Waals surface area contributed by atoms with E-state index >= 15 is 0 Å². The number of ether oxygens (including phenoxy) is 1. The van der Waals surface area contributed by atoms with Crippen molar-refractivity contribution in [1.82, 2.24) is 15.1 Å². The second kappa shape index (κ2) is 7.27. The second-order valence-electron chi connectivity index (χ2n) is 5.95. The van der Waals surface area contributed by atoms with Crippen LogP contribution in [0, 0.1) is 0 Å². The normalized spacial score (nSPS) is 21.0. The summed E-state index contributed by atoms with van der Waals surface area (Å²) in [5.74, 6) is -0.186.